The van der Waals surface area contributed by atoms with E-state index in [4.69, 9.17) is 14.2 Å². The molecule has 11 nitrogen and oxygen atoms in total. The Bertz CT molecular complexity index is 916. The summed E-state index contributed by atoms with van der Waals surface area (Å²) in [4.78, 5) is 36.6. The third kappa shape index (κ3) is 9.63. The molecule has 1 aromatic carbocycles. The van der Waals surface area contributed by atoms with Gasteiger partial charge in [-0.15, -0.1) is 0 Å². The fourth-order valence-electron chi connectivity index (χ4n) is 3.96. The number of carbonyl (C=O) groups excluding carboxylic acids is 3. The van der Waals surface area contributed by atoms with Gasteiger partial charge in [0.05, 0.1) is 7.11 Å². The van der Waals surface area contributed by atoms with Crippen molar-refractivity contribution in [1.82, 2.24) is 10.6 Å². The van der Waals surface area contributed by atoms with E-state index in [0.717, 1.165) is 5.56 Å². The van der Waals surface area contributed by atoms with Crippen molar-refractivity contribution in [2.75, 3.05) is 20.3 Å². The maximum atomic E-state index is 12.9. The molecule has 0 aliphatic carbocycles. The summed E-state index contributed by atoms with van der Waals surface area (Å²) in [5.74, 6) is -0.0868. The molecule has 2 rings (SSSR count). The Morgan fingerprint density at radius 2 is 1.68 bits per heavy atom. The van der Waals surface area contributed by atoms with Crippen LogP contribution in [0.1, 0.15) is 52.5 Å². The number of aliphatic hydroxyl groups excluding tert-OH is 3. The molecule has 1 fully saturated rings. The fraction of sp³-hybridized carbons (Fsp3) is 0.667. The van der Waals surface area contributed by atoms with Crippen LogP contribution in [0, 0.1) is 5.41 Å². The van der Waals surface area contributed by atoms with E-state index in [1.165, 1.54) is 6.92 Å². The van der Waals surface area contributed by atoms with E-state index in [2.05, 4.69) is 10.6 Å². The molecule has 0 saturated carbocycles. The maximum absolute atomic E-state index is 12.9. The Morgan fingerprint density at radius 1 is 1.03 bits per heavy atom. The maximum Gasteiger partial charge on any atom is 0.243 e. The molecule has 0 spiro atoms. The van der Waals surface area contributed by atoms with Gasteiger partial charge in [-0.05, 0) is 30.5 Å². The Balaban J connectivity index is 1.91. The molecule has 5 N–H and O–H groups in total. The quantitative estimate of drug-likeness (QED) is 0.225. The first-order valence-electron chi connectivity index (χ1n) is 12.9. The largest absolute Gasteiger partial charge is 0.497 e. The molecule has 11 heteroatoms. The van der Waals surface area contributed by atoms with Gasteiger partial charge in [-0.3, -0.25) is 14.4 Å². The SMILES string of the molecule is COc1ccc(CC(NC(C)=O)C(=O)NCC2O[C@@H](OCCCCC(=O)C(C)(C)C)C(O)[C@@H](O)[C@H]2O)cc1. The number of methoxy groups -OCH3 is 1. The molecule has 2 amide bonds. The monoisotopic (exact) mass is 538 g/mol. The lowest BCUT2D eigenvalue weighted by atomic mass is 9.88. The standard InChI is InChI=1S/C27H42N2O9/c1-16(30)29-19(14-17-9-11-18(36-5)12-10-17)25(35)28-15-20-22(32)23(33)24(34)26(38-20)37-13-7-6-8-21(31)27(2,3)4/h9-12,19-20,22-24,26,32-34H,6-8,13-15H2,1-5H3,(H,28,35)(H,29,30)/t19?,20?,22-,23-,24?,26+/m0/s1. The predicted molar refractivity (Wildman–Crippen MR) is 138 cm³/mol. The first-order chi connectivity index (χ1) is 17.8. The number of benzene rings is 1. The molecule has 0 bridgehead atoms. The summed E-state index contributed by atoms with van der Waals surface area (Å²) in [6.07, 6.45) is -5.05. The summed E-state index contributed by atoms with van der Waals surface area (Å²) in [7, 11) is 1.55. The summed E-state index contributed by atoms with van der Waals surface area (Å²) in [5, 5.41) is 36.2. The van der Waals surface area contributed by atoms with E-state index in [0.29, 0.717) is 25.0 Å². The van der Waals surface area contributed by atoms with E-state index in [-0.39, 0.29) is 31.3 Å². The molecular weight excluding hydrogens is 496 g/mol. The molecule has 1 aliphatic rings. The number of Topliss-reactive ketones (excluding diaryl/α,β-unsaturated/α-hetero) is 1. The topological polar surface area (TPSA) is 164 Å². The lowest BCUT2D eigenvalue weighted by Crippen LogP contribution is -2.61. The average Bonchev–Trinajstić information content (AvgIpc) is 2.86. The number of aliphatic hydroxyl groups is 3. The molecule has 1 saturated heterocycles. The van der Waals surface area contributed by atoms with Crippen molar-refractivity contribution >= 4 is 17.6 Å². The third-order valence-corrected chi connectivity index (χ3v) is 6.36. The van der Waals surface area contributed by atoms with Crippen molar-refractivity contribution in [3.05, 3.63) is 29.8 Å². The zero-order valence-corrected chi connectivity index (χ0v) is 22.8. The molecule has 3 unspecified atom stereocenters. The minimum Gasteiger partial charge on any atom is -0.497 e. The van der Waals surface area contributed by atoms with Gasteiger partial charge < -0.3 is 40.2 Å². The minimum absolute atomic E-state index is 0.144. The number of ether oxygens (including phenoxy) is 3. The van der Waals surface area contributed by atoms with Crippen LogP contribution in [0.25, 0.3) is 0 Å². The lowest BCUT2D eigenvalue weighted by Gasteiger charge is -2.40. The van der Waals surface area contributed by atoms with Gasteiger partial charge in [0.15, 0.2) is 6.29 Å². The summed E-state index contributed by atoms with van der Waals surface area (Å²) >= 11 is 0. The Hall–Kier alpha value is -2.57. The second-order valence-electron chi connectivity index (χ2n) is 10.6. The van der Waals surface area contributed by atoms with Crippen molar-refractivity contribution < 1.29 is 43.9 Å². The van der Waals surface area contributed by atoms with Gasteiger partial charge in [-0.2, -0.15) is 0 Å². The highest BCUT2D eigenvalue weighted by atomic mass is 16.7. The van der Waals surface area contributed by atoms with Crippen molar-refractivity contribution in [3.63, 3.8) is 0 Å². The minimum atomic E-state index is -1.55. The summed E-state index contributed by atoms with van der Waals surface area (Å²) in [6, 6.07) is 6.18. The van der Waals surface area contributed by atoms with Crippen LogP contribution >= 0.6 is 0 Å². The smallest absolute Gasteiger partial charge is 0.243 e. The number of carbonyl (C=O) groups is 3. The zero-order chi connectivity index (χ0) is 28.5. The summed E-state index contributed by atoms with van der Waals surface area (Å²) in [5.41, 5.74) is 0.388. The molecule has 0 radical (unpaired) electrons. The second-order valence-corrected chi connectivity index (χ2v) is 10.6. The molecule has 38 heavy (non-hydrogen) atoms. The van der Waals surface area contributed by atoms with Gasteiger partial charge >= 0.3 is 0 Å². The van der Waals surface area contributed by atoms with Crippen LogP contribution in [0.15, 0.2) is 24.3 Å². The highest BCUT2D eigenvalue weighted by Gasteiger charge is 2.44. The van der Waals surface area contributed by atoms with E-state index < -0.39 is 48.1 Å². The molecule has 6 atom stereocenters. The van der Waals surface area contributed by atoms with E-state index in [1.54, 1.807) is 31.4 Å². The first kappa shape index (κ1) is 31.6. The first-order valence-corrected chi connectivity index (χ1v) is 12.9. The number of nitrogens with one attached hydrogen (secondary N) is 2. The van der Waals surface area contributed by atoms with Crippen LogP contribution in [0.5, 0.6) is 5.75 Å². The highest BCUT2D eigenvalue weighted by molar-refractivity contribution is 5.87. The van der Waals surface area contributed by atoms with Gasteiger partial charge in [0, 0.05) is 38.3 Å². The van der Waals surface area contributed by atoms with E-state index in [9.17, 15) is 29.7 Å². The van der Waals surface area contributed by atoms with Crippen LogP contribution in [0.2, 0.25) is 0 Å². The van der Waals surface area contributed by atoms with Crippen molar-refractivity contribution in [2.24, 2.45) is 5.41 Å². The number of amides is 2. The number of hydrogen-bond donors (Lipinski definition) is 5. The number of hydrogen-bond acceptors (Lipinski definition) is 9. The Labute approximate surface area is 223 Å². The Morgan fingerprint density at radius 3 is 2.26 bits per heavy atom. The predicted octanol–water partition coefficient (Wildman–Crippen LogP) is 0.468. The molecule has 1 aliphatic heterocycles. The molecular formula is C27H42N2O9. The van der Waals surface area contributed by atoms with Crippen LogP contribution in [-0.2, 0) is 30.3 Å². The summed E-state index contributed by atoms with van der Waals surface area (Å²) < 4.78 is 16.4. The van der Waals surface area contributed by atoms with Crippen LogP contribution in [-0.4, -0.2) is 89.9 Å². The second kappa shape index (κ2) is 14.5. The van der Waals surface area contributed by atoms with Crippen LogP contribution in [0.3, 0.4) is 0 Å². The number of rotatable bonds is 13. The number of ketones is 1. The van der Waals surface area contributed by atoms with Crippen molar-refractivity contribution in [1.29, 1.82) is 0 Å². The summed E-state index contributed by atoms with van der Waals surface area (Å²) in [6.45, 7) is 6.88. The lowest BCUT2D eigenvalue weighted by molar-refractivity contribution is -0.295. The van der Waals surface area contributed by atoms with Gasteiger partial charge in [-0.1, -0.05) is 32.9 Å². The molecule has 214 valence electrons. The Kier molecular flexibility index (Phi) is 12.1. The third-order valence-electron chi connectivity index (χ3n) is 6.36. The van der Waals surface area contributed by atoms with Crippen molar-refractivity contribution in [3.8, 4) is 5.75 Å². The van der Waals surface area contributed by atoms with Crippen molar-refractivity contribution in [2.45, 2.75) is 90.1 Å². The van der Waals surface area contributed by atoms with E-state index >= 15 is 0 Å². The normalized spacial score (nSPS) is 24.4. The molecule has 1 aromatic rings. The zero-order valence-electron chi connectivity index (χ0n) is 22.8. The van der Waals surface area contributed by atoms with Crippen LogP contribution in [0.4, 0.5) is 0 Å². The average molecular weight is 539 g/mol. The van der Waals surface area contributed by atoms with E-state index in [1.807, 2.05) is 20.8 Å². The van der Waals surface area contributed by atoms with Gasteiger partial charge in [-0.25, -0.2) is 0 Å². The molecule has 0 aromatic heterocycles. The van der Waals surface area contributed by atoms with Crippen LogP contribution < -0.4 is 15.4 Å². The molecule has 1 heterocycles. The van der Waals surface area contributed by atoms with Gasteiger partial charge in [0.25, 0.3) is 0 Å². The number of unbranched alkanes of at least 4 members (excludes halogenated alkanes) is 1. The van der Waals surface area contributed by atoms with Gasteiger partial charge in [0.2, 0.25) is 11.8 Å². The highest BCUT2D eigenvalue weighted by Crippen LogP contribution is 2.23. The van der Waals surface area contributed by atoms with Gasteiger partial charge in [0.1, 0.15) is 42.0 Å². The fourth-order valence-corrected chi connectivity index (χ4v) is 3.96.